The Labute approximate surface area is 138 Å². The molecule has 1 aliphatic heterocycles. The second-order valence-electron chi connectivity index (χ2n) is 6.00. The lowest BCUT2D eigenvalue weighted by Crippen LogP contribution is -2.40. The normalized spacial score (nSPS) is 17.2. The zero-order valence-electron chi connectivity index (χ0n) is 13.0. The van der Waals surface area contributed by atoms with E-state index in [1.165, 1.54) is 11.3 Å². The van der Waals surface area contributed by atoms with Crippen molar-refractivity contribution in [2.75, 3.05) is 6.54 Å². The number of carboxylic acids is 1. The topological polar surface area (TPSA) is 70.5 Å². The van der Waals surface area contributed by atoms with E-state index in [1.54, 1.807) is 10.3 Å². The lowest BCUT2D eigenvalue weighted by atomic mass is 9.89. The molecule has 1 unspecified atom stereocenters. The molecule has 1 aliphatic rings. The minimum Gasteiger partial charge on any atom is -0.481 e. The number of nitrogens with zero attached hydrogens (tertiary/aromatic N) is 2. The number of fused-ring (bicyclic) bond motifs is 1. The van der Waals surface area contributed by atoms with Gasteiger partial charge in [0, 0.05) is 24.4 Å². The lowest BCUT2D eigenvalue weighted by molar-refractivity contribution is -0.139. The minimum absolute atomic E-state index is 0.180. The molecule has 23 heavy (non-hydrogen) atoms. The van der Waals surface area contributed by atoms with Gasteiger partial charge in [0.1, 0.15) is 5.69 Å². The van der Waals surface area contributed by atoms with Gasteiger partial charge in [0.15, 0.2) is 0 Å². The first-order valence-electron chi connectivity index (χ1n) is 7.52. The Morgan fingerprint density at radius 1 is 1.35 bits per heavy atom. The first-order valence-corrected chi connectivity index (χ1v) is 8.40. The predicted molar refractivity (Wildman–Crippen MR) is 87.8 cm³/mol. The Bertz CT molecular complexity index is 754. The maximum Gasteiger partial charge on any atom is 0.312 e. The summed E-state index contributed by atoms with van der Waals surface area (Å²) in [5.74, 6) is -1.52. The van der Waals surface area contributed by atoms with Crippen molar-refractivity contribution < 1.29 is 14.7 Å². The molecular formula is C17H18N2O3S. The number of hydrogen-bond acceptors (Lipinski definition) is 4. The van der Waals surface area contributed by atoms with Gasteiger partial charge in [-0.05, 0) is 11.1 Å². The summed E-state index contributed by atoms with van der Waals surface area (Å²) >= 11 is 1.47. The van der Waals surface area contributed by atoms with E-state index < -0.39 is 11.9 Å². The summed E-state index contributed by atoms with van der Waals surface area (Å²) in [5, 5.41) is 12.2. The van der Waals surface area contributed by atoms with E-state index in [9.17, 15) is 14.7 Å². The van der Waals surface area contributed by atoms with E-state index >= 15 is 0 Å². The molecule has 1 N–H and O–H groups in total. The van der Waals surface area contributed by atoms with Gasteiger partial charge in [0.2, 0.25) is 0 Å². The van der Waals surface area contributed by atoms with Crippen molar-refractivity contribution in [1.82, 2.24) is 9.88 Å². The number of benzene rings is 1. The standard InChI is InChI=1S/C17H18N2O3S/c1-10(2)15-18-14(9-23-15)16(20)19-7-11-5-3-4-6-12(11)13(8-19)17(21)22/h3-6,9-10,13H,7-8H2,1-2H3,(H,21,22). The fraction of sp³-hybridized carbons (Fsp3) is 0.353. The van der Waals surface area contributed by atoms with Gasteiger partial charge >= 0.3 is 5.97 Å². The minimum atomic E-state index is -0.906. The van der Waals surface area contributed by atoms with Crippen LogP contribution in [0.15, 0.2) is 29.6 Å². The van der Waals surface area contributed by atoms with Crippen LogP contribution >= 0.6 is 11.3 Å². The van der Waals surface area contributed by atoms with Crippen LogP contribution in [0.5, 0.6) is 0 Å². The van der Waals surface area contributed by atoms with E-state index in [0.29, 0.717) is 12.2 Å². The van der Waals surface area contributed by atoms with Gasteiger partial charge in [0.05, 0.1) is 10.9 Å². The Hall–Kier alpha value is -2.21. The molecule has 1 aromatic heterocycles. The predicted octanol–water partition coefficient (Wildman–Crippen LogP) is 3.09. The molecule has 1 amide bonds. The molecule has 2 aromatic rings. The van der Waals surface area contributed by atoms with Crippen molar-refractivity contribution >= 4 is 23.2 Å². The van der Waals surface area contributed by atoms with Crippen LogP contribution < -0.4 is 0 Å². The second-order valence-corrected chi connectivity index (χ2v) is 6.89. The van der Waals surface area contributed by atoms with Crippen LogP contribution in [0.4, 0.5) is 0 Å². The molecule has 0 saturated heterocycles. The lowest BCUT2D eigenvalue weighted by Gasteiger charge is -2.32. The van der Waals surface area contributed by atoms with E-state index in [1.807, 2.05) is 38.1 Å². The van der Waals surface area contributed by atoms with Gasteiger partial charge < -0.3 is 10.0 Å². The Balaban J connectivity index is 1.89. The molecule has 0 bridgehead atoms. The molecular weight excluding hydrogens is 312 g/mol. The highest BCUT2D eigenvalue weighted by molar-refractivity contribution is 7.09. The molecule has 5 nitrogen and oxygen atoms in total. The number of carboxylic acid groups (broad SMARTS) is 1. The van der Waals surface area contributed by atoms with Crippen LogP contribution in [-0.2, 0) is 11.3 Å². The van der Waals surface area contributed by atoms with Crippen LogP contribution in [0.1, 0.15) is 52.3 Å². The van der Waals surface area contributed by atoms with Crippen molar-refractivity contribution in [2.24, 2.45) is 0 Å². The molecule has 1 atom stereocenters. The maximum absolute atomic E-state index is 12.7. The first kappa shape index (κ1) is 15.7. The van der Waals surface area contributed by atoms with Gasteiger partial charge in [-0.1, -0.05) is 38.1 Å². The number of rotatable bonds is 3. The summed E-state index contributed by atoms with van der Waals surface area (Å²) in [7, 11) is 0. The van der Waals surface area contributed by atoms with Crippen molar-refractivity contribution in [3.8, 4) is 0 Å². The molecule has 0 aliphatic carbocycles. The molecule has 3 rings (SSSR count). The first-order chi connectivity index (χ1) is 11.0. The SMILES string of the molecule is CC(C)c1nc(C(=O)N2Cc3ccccc3C(C(=O)O)C2)cs1. The molecule has 120 valence electrons. The number of aliphatic carboxylic acids is 1. The van der Waals surface area contributed by atoms with E-state index in [4.69, 9.17) is 0 Å². The number of thiazole rings is 1. The third-order valence-corrected chi connectivity index (χ3v) is 5.16. The monoisotopic (exact) mass is 330 g/mol. The third kappa shape index (κ3) is 2.99. The number of carbonyl (C=O) groups is 2. The van der Waals surface area contributed by atoms with Crippen LogP contribution in [0.3, 0.4) is 0 Å². The van der Waals surface area contributed by atoms with E-state index in [-0.39, 0.29) is 18.4 Å². The quantitative estimate of drug-likeness (QED) is 0.939. The van der Waals surface area contributed by atoms with Crippen molar-refractivity contribution in [3.63, 3.8) is 0 Å². The summed E-state index contributed by atoms with van der Waals surface area (Å²) < 4.78 is 0. The molecule has 0 radical (unpaired) electrons. The van der Waals surface area contributed by atoms with Gasteiger partial charge in [-0.3, -0.25) is 9.59 Å². The molecule has 1 aromatic carbocycles. The third-order valence-electron chi connectivity index (χ3n) is 4.01. The van der Waals surface area contributed by atoms with E-state index in [0.717, 1.165) is 16.1 Å². The zero-order valence-corrected chi connectivity index (χ0v) is 13.8. The van der Waals surface area contributed by atoms with Crippen LogP contribution in [0, 0.1) is 0 Å². The fourth-order valence-electron chi connectivity index (χ4n) is 2.79. The summed E-state index contributed by atoms with van der Waals surface area (Å²) in [6.07, 6.45) is 0. The average Bonchev–Trinajstić information content (AvgIpc) is 3.03. The summed E-state index contributed by atoms with van der Waals surface area (Å²) in [6, 6.07) is 7.41. The van der Waals surface area contributed by atoms with Gasteiger partial charge in [-0.2, -0.15) is 0 Å². The number of carbonyl (C=O) groups excluding carboxylic acids is 1. The highest BCUT2D eigenvalue weighted by Gasteiger charge is 2.33. The van der Waals surface area contributed by atoms with Crippen LogP contribution in [-0.4, -0.2) is 33.4 Å². The van der Waals surface area contributed by atoms with E-state index in [2.05, 4.69) is 4.98 Å². The molecule has 6 heteroatoms. The Morgan fingerprint density at radius 3 is 2.74 bits per heavy atom. The van der Waals surface area contributed by atoms with Gasteiger partial charge in [-0.15, -0.1) is 11.3 Å². The summed E-state index contributed by atoms with van der Waals surface area (Å²) in [6.45, 7) is 4.67. The highest BCUT2D eigenvalue weighted by Crippen LogP contribution is 2.30. The highest BCUT2D eigenvalue weighted by atomic mass is 32.1. The van der Waals surface area contributed by atoms with Crippen molar-refractivity contribution in [3.05, 3.63) is 51.5 Å². The number of aromatic nitrogens is 1. The van der Waals surface area contributed by atoms with Crippen molar-refractivity contribution in [2.45, 2.75) is 32.2 Å². The zero-order chi connectivity index (χ0) is 16.6. The van der Waals surface area contributed by atoms with Crippen LogP contribution in [0.2, 0.25) is 0 Å². The number of amides is 1. The van der Waals surface area contributed by atoms with Crippen molar-refractivity contribution in [1.29, 1.82) is 0 Å². The smallest absolute Gasteiger partial charge is 0.312 e. The maximum atomic E-state index is 12.7. The summed E-state index contributed by atoms with van der Waals surface area (Å²) in [4.78, 5) is 30.2. The second kappa shape index (κ2) is 6.12. The van der Waals surface area contributed by atoms with Crippen LogP contribution in [0.25, 0.3) is 0 Å². The average molecular weight is 330 g/mol. The van der Waals surface area contributed by atoms with Gasteiger partial charge in [0.25, 0.3) is 5.91 Å². The molecule has 0 fully saturated rings. The Morgan fingerprint density at radius 2 is 2.09 bits per heavy atom. The molecule has 0 saturated carbocycles. The Kier molecular flexibility index (Phi) is 4.17. The van der Waals surface area contributed by atoms with Gasteiger partial charge in [-0.25, -0.2) is 4.98 Å². The number of hydrogen-bond donors (Lipinski definition) is 1. The largest absolute Gasteiger partial charge is 0.481 e. The fourth-order valence-corrected chi connectivity index (χ4v) is 3.60. The molecule has 0 spiro atoms. The molecule has 2 heterocycles. The summed E-state index contributed by atoms with van der Waals surface area (Å²) in [5.41, 5.74) is 2.09.